The number of nitrogens with one attached hydrogen (secondary N) is 2. The second-order valence-corrected chi connectivity index (χ2v) is 5.48. The van der Waals surface area contributed by atoms with Gasteiger partial charge in [-0.1, -0.05) is 6.42 Å². The van der Waals surface area contributed by atoms with Gasteiger partial charge in [-0.05, 0) is 39.2 Å². The van der Waals surface area contributed by atoms with Gasteiger partial charge < -0.3 is 15.7 Å². The zero-order chi connectivity index (χ0) is 12.5. The van der Waals surface area contributed by atoms with E-state index in [1.807, 2.05) is 6.92 Å². The number of carbonyl (C=O) groups is 2. The molecular formula is C12H20N2O3. The molecule has 1 atom stereocenters. The lowest BCUT2D eigenvalue weighted by Gasteiger charge is -2.38. The minimum atomic E-state index is -0.784. The molecule has 0 radical (unpaired) electrons. The molecule has 5 heteroatoms. The first-order valence-corrected chi connectivity index (χ1v) is 6.25. The molecule has 5 nitrogen and oxygen atoms in total. The number of rotatable bonds is 4. The highest BCUT2D eigenvalue weighted by Gasteiger charge is 2.45. The summed E-state index contributed by atoms with van der Waals surface area (Å²) in [5.74, 6) is -0.851. The van der Waals surface area contributed by atoms with Crippen molar-refractivity contribution in [3.05, 3.63) is 0 Å². The van der Waals surface area contributed by atoms with Gasteiger partial charge in [-0.2, -0.15) is 0 Å². The summed E-state index contributed by atoms with van der Waals surface area (Å²) in [6.07, 6.45) is 4.10. The monoisotopic (exact) mass is 240 g/mol. The first-order valence-electron chi connectivity index (χ1n) is 6.25. The Morgan fingerprint density at radius 3 is 2.41 bits per heavy atom. The van der Waals surface area contributed by atoms with Crippen LogP contribution in [0.5, 0.6) is 0 Å². The van der Waals surface area contributed by atoms with Crippen molar-refractivity contribution in [1.82, 2.24) is 10.6 Å². The number of hydrogen-bond donors (Lipinski definition) is 3. The van der Waals surface area contributed by atoms with Crippen LogP contribution in [-0.4, -0.2) is 35.6 Å². The summed E-state index contributed by atoms with van der Waals surface area (Å²) in [5, 5.41) is 15.1. The van der Waals surface area contributed by atoms with E-state index in [1.165, 1.54) is 0 Å². The summed E-state index contributed by atoms with van der Waals surface area (Å²) in [6, 6.07) is 0. The van der Waals surface area contributed by atoms with Gasteiger partial charge in [0, 0.05) is 6.54 Å². The molecule has 1 saturated carbocycles. The zero-order valence-electron chi connectivity index (χ0n) is 10.2. The average molecular weight is 240 g/mol. The minimum Gasteiger partial charge on any atom is -0.481 e. The van der Waals surface area contributed by atoms with Crippen LogP contribution in [0.4, 0.5) is 0 Å². The summed E-state index contributed by atoms with van der Waals surface area (Å²) in [6.45, 7) is 3.00. The second kappa shape index (κ2) is 4.29. The van der Waals surface area contributed by atoms with E-state index in [4.69, 9.17) is 5.11 Å². The lowest BCUT2D eigenvalue weighted by molar-refractivity contribution is -0.154. The Morgan fingerprint density at radius 1 is 1.29 bits per heavy atom. The van der Waals surface area contributed by atoms with E-state index in [2.05, 4.69) is 10.6 Å². The van der Waals surface area contributed by atoms with E-state index in [0.29, 0.717) is 12.8 Å². The van der Waals surface area contributed by atoms with Crippen LogP contribution < -0.4 is 10.6 Å². The first kappa shape index (κ1) is 12.4. The standard InChI is InChI=1S/C12H20N2O3/c1-11(4-3-7-14-11)9(15)13-8-12(10(16)17)5-2-6-12/h14H,2-8H2,1H3,(H,13,15)(H,16,17). The lowest BCUT2D eigenvalue weighted by atomic mass is 9.68. The van der Waals surface area contributed by atoms with E-state index in [9.17, 15) is 9.59 Å². The van der Waals surface area contributed by atoms with Gasteiger partial charge in [0.2, 0.25) is 5.91 Å². The highest BCUT2D eigenvalue weighted by molar-refractivity contribution is 5.87. The van der Waals surface area contributed by atoms with E-state index in [0.717, 1.165) is 25.8 Å². The third-order valence-corrected chi connectivity index (χ3v) is 4.22. The molecule has 0 bridgehead atoms. The second-order valence-electron chi connectivity index (χ2n) is 5.48. The lowest BCUT2D eigenvalue weighted by Crippen LogP contribution is -2.55. The molecule has 1 saturated heterocycles. The maximum absolute atomic E-state index is 12.0. The van der Waals surface area contributed by atoms with Gasteiger partial charge >= 0.3 is 5.97 Å². The van der Waals surface area contributed by atoms with Crippen molar-refractivity contribution in [2.75, 3.05) is 13.1 Å². The summed E-state index contributed by atoms with van der Waals surface area (Å²) >= 11 is 0. The molecule has 0 aromatic rings. The molecule has 1 unspecified atom stereocenters. The van der Waals surface area contributed by atoms with Crippen LogP contribution >= 0.6 is 0 Å². The number of carboxylic acid groups (broad SMARTS) is 1. The molecule has 2 fully saturated rings. The normalized spacial score (nSPS) is 30.6. The van der Waals surface area contributed by atoms with Crippen LogP contribution in [0.1, 0.15) is 39.0 Å². The van der Waals surface area contributed by atoms with Gasteiger partial charge in [0.1, 0.15) is 0 Å². The highest BCUT2D eigenvalue weighted by Crippen LogP contribution is 2.40. The molecule has 0 spiro atoms. The number of amides is 1. The molecule has 17 heavy (non-hydrogen) atoms. The molecule has 1 aliphatic carbocycles. The Labute approximate surface area is 101 Å². The van der Waals surface area contributed by atoms with Gasteiger partial charge in [-0.15, -0.1) is 0 Å². The largest absolute Gasteiger partial charge is 0.481 e. The Kier molecular flexibility index (Phi) is 3.12. The van der Waals surface area contributed by atoms with Crippen molar-refractivity contribution >= 4 is 11.9 Å². The van der Waals surface area contributed by atoms with Crippen LogP contribution in [0.2, 0.25) is 0 Å². The number of carbonyl (C=O) groups excluding carboxylic acids is 1. The van der Waals surface area contributed by atoms with Crippen LogP contribution in [-0.2, 0) is 9.59 Å². The molecule has 1 heterocycles. The fraction of sp³-hybridized carbons (Fsp3) is 0.833. The van der Waals surface area contributed by atoms with E-state index in [-0.39, 0.29) is 12.5 Å². The molecule has 1 amide bonds. The Balaban J connectivity index is 1.89. The first-order chi connectivity index (χ1) is 7.99. The van der Waals surface area contributed by atoms with Crippen LogP contribution in [0, 0.1) is 5.41 Å². The van der Waals surface area contributed by atoms with E-state index < -0.39 is 16.9 Å². The van der Waals surface area contributed by atoms with Crippen LogP contribution in [0.25, 0.3) is 0 Å². The topological polar surface area (TPSA) is 78.4 Å². The molecule has 0 aromatic carbocycles. The fourth-order valence-corrected chi connectivity index (χ4v) is 2.60. The van der Waals surface area contributed by atoms with Crippen molar-refractivity contribution in [2.45, 2.75) is 44.6 Å². The molecule has 3 N–H and O–H groups in total. The fourth-order valence-electron chi connectivity index (χ4n) is 2.60. The molecular weight excluding hydrogens is 220 g/mol. The van der Waals surface area contributed by atoms with Crippen molar-refractivity contribution in [3.8, 4) is 0 Å². The molecule has 1 aliphatic heterocycles. The number of aliphatic carboxylic acids is 1. The third-order valence-electron chi connectivity index (χ3n) is 4.22. The van der Waals surface area contributed by atoms with E-state index >= 15 is 0 Å². The van der Waals surface area contributed by atoms with Gasteiger partial charge in [-0.25, -0.2) is 0 Å². The van der Waals surface area contributed by atoms with Crippen molar-refractivity contribution in [1.29, 1.82) is 0 Å². The number of hydrogen-bond acceptors (Lipinski definition) is 3. The molecule has 2 aliphatic rings. The summed E-state index contributed by atoms with van der Waals surface area (Å²) < 4.78 is 0. The zero-order valence-corrected chi connectivity index (χ0v) is 10.2. The van der Waals surface area contributed by atoms with Gasteiger partial charge in [0.15, 0.2) is 0 Å². The van der Waals surface area contributed by atoms with Crippen molar-refractivity contribution in [2.24, 2.45) is 5.41 Å². The Morgan fingerprint density at radius 2 is 2.00 bits per heavy atom. The quantitative estimate of drug-likeness (QED) is 0.668. The number of carboxylic acids is 1. The third kappa shape index (κ3) is 2.16. The SMILES string of the molecule is CC1(C(=O)NCC2(C(=O)O)CCC2)CCCN1. The summed E-state index contributed by atoms with van der Waals surface area (Å²) in [5.41, 5.74) is -1.21. The Bertz CT molecular complexity index is 331. The van der Waals surface area contributed by atoms with E-state index in [1.54, 1.807) is 0 Å². The van der Waals surface area contributed by atoms with Crippen molar-refractivity contribution < 1.29 is 14.7 Å². The summed E-state index contributed by atoms with van der Waals surface area (Å²) in [4.78, 5) is 23.2. The molecule has 2 rings (SSSR count). The average Bonchev–Trinajstić information content (AvgIpc) is 2.64. The Hall–Kier alpha value is -1.10. The van der Waals surface area contributed by atoms with Gasteiger partial charge in [-0.3, -0.25) is 9.59 Å². The maximum atomic E-state index is 12.0. The minimum absolute atomic E-state index is 0.0671. The molecule has 0 aromatic heterocycles. The predicted molar refractivity (Wildman–Crippen MR) is 62.6 cm³/mol. The predicted octanol–water partition coefficient (Wildman–Crippen LogP) is 0.500. The van der Waals surface area contributed by atoms with Gasteiger partial charge in [0.05, 0.1) is 11.0 Å². The van der Waals surface area contributed by atoms with Gasteiger partial charge in [0.25, 0.3) is 0 Å². The van der Waals surface area contributed by atoms with Crippen LogP contribution in [0.3, 0.4) is 0 Å². The molecule has 96 valence electrons. The highest BCUT2D eigenvalue weighted by atomic mass is 16.4. The van der Waals surface area contributed by atoms with Crippen molar-refractivity contribution in [3.63, 3.8) is 0 Å². The van der Waals surface area contributed by atoms with Crippen LogP contribution in [0.15, 0.2) is 0 Å². The smallest absolute Gasteiger partial charge is 0.311 e. The maximum Gasteiger partial charge on any atom is 0.311 e. The summed E-state index contributed by atoms with van der Waals surface area (Å²) in [7, 11) is 0.